The summed E-state index contributed by atoms with van der Waals surface area (Å²) >= 11 is 0. The number of hydrogen-bond donors (Lipinski definition) is 1. The maximum Gasteiger partial charge on any atom is 0.323 e. The van der Waals surface area contributed by atoms with Gasteiger partial charge in [-0.3, -0.25) is 9.69 Å². The molecule has 1 heterocycles. The molecule has 1 N–H and O–H groups in total. The van der Waals surface area contributed by atoms with Gasteiger partial charge in [0.1, 0.15) is 5.54 Å². The molecule has 98 valence electrons. The molecular weight excluding hydrogens is 226 g/mol. The number of aliphatic carboxylic acids is 1. The first kappa shape index (κ1) is 13.1. The third-order valence-electron chi connectivity index (χ3n) is 4.05. The van der Waals surface area contributed by atoms with E-state index in [0.29, 0.717) is 0 Å². The normalized spacial score (nSPS) is 24.3. The number of hydrogen-bond acceptors (Lipinski definition) is 2. The Morgan fingerprint density at radius 3 is 2.50 bits per heavy atom. The van der Waals surface area contributed by atoms with Gasteiger partial charge in [0.05, 0.1) is 0 Å². The molecule has 1 aromatic carbocycles. The SMILES string of the molecule is CCc1ccc(CN2CCCC2(C)C(=O)O)cc1. The standard InChI is InChI=1S/C15H21NO2/c1-3-12-5-7-13(8-6-12)11-16-10-4-9-15(16,2)14(17)18/h5-8H,3-4,9-11H2,1-2H3,(H,17,18). The molecule has 1 aliphatic heterocycles. The molecule has 0 amide bonds. The lowest BCUT2D eigenvalue weighted by Gasteiger charge is -2.31. The highest BCUT2D eigenvalue weighted by Crippen LogP contribution is 2.30. The molecule has 0 radical (unpaired) electrons. The van der Waals surface area contributed by atoms with Gasteiger partial charge in [0, 0.05) is 6.54 Å². The van der Waals surface area contributed by atoms with Crippen LogP contribution in [-0.4, -0.2) is 28.1 Å². The molecule has 1 atom stereocenters. The van der Waals surface area contributed by atoms with Crippen molar-refractivity contribution in [3.63, 3.8) is 0 Å². The lowest BCUT2D eigenvalue weighted by atomic mass is 9.98. The second-order valence-electron chi connectivity index (χ2n) is 5.27. The average Bonchev–Trinajstić information content (AvgIpc) is 2.73. The van der Waals surface area contributed by atoms with Crippen LogP contribution >= 0.6 is 0 Å². The molecule has 1 aromatic rings. The van der Waals surface area contributed by atoms with Gasteiger partial charge >= 0.3 is 5.97 Å². The Morgan fingerprint density at radius 2 is 1.94 bits per heavy atom. The van der Waals surface area contributed by atoms with E-state index >= 15 is 0 Å². The number of aryl methyl sites for hydroxylation is 1. The molecule has 1 saturated heterocycles. The maximum absolute atomic E-state index is 11.4. The third kappa shape index (κ3) is 2.41. The number of carboxylic acid groups (broad SMARTS) is 1. The Morgan fingerprint density at radius 1 is 1.33 bits per heavy atom. The topological polar surface area (TPSA) is 40.5 Å². The first-order valence-corrected chi connectivity index (χ1v) is 6.62. The largest absolute Gasteiger partial charge is 0.480 e. The molecule has 1 fully saturated rings. The lowest BCUT2D eigenvalue weighted by Crippen LogP contribution is -2.47. The Labute approximate surface area is 108 Å². The van der Waals surface area contributed by atoms with E-state index in [2.05, 4.69) is 36.1 Å². The number of nitrogens with zero attached hydrogens (tertiary/aromatic N) is 1. The van der Waals surface area contributed by atoms with Crippen LogP contribution in [0.1, 0.15) is 37.8 Å². The minimum absolute atomic E-state index is 0.691. The minimum atomic E-state index is -0.704. The number of rotatable bonds is 4. The summed E-state index contributed by atoms with van der Waals surface area (Å²) < 4.78 is 0. The van der Waals surface area contributed by atoms with Crippen LogP contribution in [-0.2, 0) is 17.8 Å². The maximum atomic E-state index is 11.4. The Bertz CT molecular complexity index is 427. The summed E-state index contributed by atoms with van der Waals surface area (Å²) in [5.74, 6) is -0.704. The van der Waals surface area contributed by atoms with E-state index in [1.54, 1.807) is 0 Å². The second-order valence-corrected chi connectivity index (χ2v) is 5.27. The zero-order chi connectivity index (χ0) is 13.2. The van der Waals surface area contributed by atoms with Crippen molar-refractivity contribution in [1.82, 2.24) is 4.90 Å². The van der Waals surface area contributed by atoms with Gasteiger partial charge < -0.3 is 5.11 Å². The minimum Gasteiger partial charge on any atom is -0.480 e. The third-order valence-corrected chi connectivity index (χ3v) is 4.05. The fourth-order valence-corrected chi connectivity index (χ4v) is 2.62. The summed E-state index contributed by atoms with van der Waals surface area (Å²) in [5, 5.41) is 9.36. The molecule has 3 heteroatoms. The van der Waals surface area contributed by atoms with Gasteiger partial charge in [-0.1, -0.05) is 31.2 Å². The van der Waals surface area contributed by atoms with E-state index in [9.17, 15) is 9.90 Å². The molecule has 0 saturated carbocycles. The fraction of sp³-hybridized carbons (Fsp3) is 0.533. The van der Waals surface area contributed by atoms with Crippen LogP contribution in [0.25, 0.3) is 0 Å². The van der Waals surface area contributed by atoms with Gasteiger partial charge in [-0.15, -0.1) is 0 Å². The van der Waals surface area contributed by atoms with Crippen LogP contribution < -0.4 is 0 Å². The van der Waals surface area contributed by atoms with E-state index in [4.69, 9.17) is 0 Å². The molecule has 1 unspecified atom stereocenters. The predicted octanol–water partition coefficient (Wildman–Crippen LogP) is 2.69. The zero-order valence-corrected chi connectivity index (χ0v) is 11.1. The average molecular weight is 247 g/mol. The summed E-state index contributed by atoms with van der Waals surface area (Å²) in [6.45, 7) is 5.57. The fourth-order valence-electron chi connectivity index (χ4n) is 2.62. The summed E-state index contributed by atoms with van der Waals surface area (Å²) in [7, 11) is 0. The van der Waals surface area contributed by atoms with Gasteiger partial charge in [-0.05, 0) is 43.9 Å². The molecular formula is C15H21NO2. The molecule has 0 spiro atoms. The molecule has 0 aromatic heterocycles. The monoisotopic (exact) mass is 247 g/mol. The molecule has 18 heavy (non-hydrogen) atoms. The number of carboxylic acids is 1. The summed E-state index contributed by atoms with van der Waals surface area (Å²) in [6, 6.07) is 8.48. The van der Waals surface area contributed by atoms with Crippen molar-refractivity contribution in [3.05, 3.63) is 35.4 Å². The van der Waals surface area contributed by atoms with Crippen molar-refractivity contribution in [2.75, 3.05) is 6.54 Å². The zero-order valence-electron chi connectivity index (χ0n) is 11.1. The van der Waals surface area contributed by atoms with Crippen LogP contribution in [0.2, 0.25) is 0 Å². The summed E-state index contributed by atoms with van der Waals surface area (Å²) in [6.07, 6.45) is 2.75. The lowest BCUT2D eigenvalue weighted by molar-refractivity contribution is -0.148. The van der Waals surface area contributed by atoms with Crippen LogP contribution in [0.5, 0.6) is 0 Å². The van der Waals surface area contributed by atoms with E-state index in [-0.39, 0.29) is 0 Å². The molecule has 0 bridgehead atoms. The van der Waals surface area contributed by atoms with Crippen molar-refractivity contribution < 1.29 is 9.90 Å². The predicted molar refractivity (Wildman–Crippen MR) is 71.5 cm³/mol. The van der Waals surface area contributed by atoms with Crippen LogP contribution in [0.4, 0.5) is 0 Å². The smallest absolute Gasteiger partial charge is 0.323 e. The van der Waals surface area contributed by atoms with Crippen LogP contribution in [0, 0.1) is 0 Å². The molecule has 3 nitrogen and oxygen atoms in total. The summed E-state index contributed by atoms with van der Waals surface area (Å²) in [4.78, 5) is 13.5. The van der Waals surface area contributed by atoms with Gasteiger partial charge in [0.2, 0.25) is 0 Å². The second kappa shape index (κ2) is 5.11. The van der Waals surface area contributed by atoms with E-state index in [0.717, 1.165) is 32.4 Å². The molecule has 1 aliphatic rings. The van der Waals surface area contributed by atoms with Gasteiger partial charge in [-0.25, -0.2) is 0 Å². The number of likely N-dealkylation sites (tertiary alicyclic amines) is 1. The van der Waals surface area contributed by atoms with Crippen molar-refractivity contribution in [2.24, 2.45) is 0 Å². The van der Waals surface area contributed by atoms with Gasteiger partial charge in [-0.2, -0.15) is 0 Å². The van der Waals surface area contributed by atoms with E-state index in [1.165, 1.54) is 11.1 Å². The van der Waals surface area contributed by atoms with E-state index < -0.39 is 11.5 Å². The van der Waals surface area contributed by atoms with Gasteiger partial charge in [0.25, 0.3) is 0 Å². The number of carbonyl (C=O) groups is 1. The van der Waals surface area contributed by atoms with Crippen molar-refractivity contribution in [2.45, 2.75) is 45.2 Å². The van der Waals surface area contributed by atoms with Crippen LogP contribution in [0.15, 0.2) is 24.3 Å². The summed E-state index contributed by atoms with van der Waals surface area (Å²) in [5.41, 5.74) is 1.83. The first-order chi connectivity index (χ1) is 8.56. The van der Waals surface area contributed by atoms with Crippen LogP contribution in [0.3, 0.4) is 0 Å². The highest BCUT2D eigenvalue weighted by molar-refractivity contribution is 5.78. The highest BCUT2D eigenvalue weighted by atomic mass is 16.4. The van der Waals surface area contributed by atoms with Crippen molar-refractivity contribution in [3.8, 4) is 0 Å². The first-order valence-electron chi connectivity index (χ1n) is 6.62. The van der Waals surface area contributed by atoms with Gasteiger partial charge in [0.15, 0.2) is 0 Å². The Kier molecular flexibility index (Phi) is 3.71. The Balaban J connectivity index is 2.10. The van der Waals surface area contributed by atoms with Crippen molar-refractivity contribution >= 4 is 5.97 Å². The molecule has 0 aliphatic carbocycles. The Hall–Kier alpha value is -1.35. The molecule has 2 rings (SSSR count). The van der Waals surface area contributed by atoms with Crippen molar-refractivity contribution in [1.29, 1.82) is 0 Å². The quantitative estimate of drug-likeness (QED) is 0.889. The van der Waals surface area contributed by atoms with E-state index in [1.807, 2.05) is 6.92 Å². The highest BCUT2D eigenvalue weighted by Gasteiger charge is 2.42. The number of benzene rings is 1.